The van der Waals surface area contributed by atoms with Gasteiger partial charge in [0, 0.05) is 21.4 Å². The fourth-order valence-corrected chi connectivity index (χ4v) is 5.75. The summed E-state index contributed by atoms with van der Waals surface area (Å²) >= 11 is 3.15. The van der Waals surface area contributed by atoms with E-state index in [1.165, 1.54) is 0 Å². The maximum Gasteiger partial charge on any atom is 0.247 e. The minimum atomic E-state index is -0.761. The Kier molecular flexibility index (Phi) is 8.18. The molecule has 1 N–H and O–H groups in total. The van der Waals surface area contributed by atoms with Crippen molar-refractivity contribution in [3.05, 3.63) is 74.6 Å². The van der Waals surface area contributed by atoms with Crippen molar-refractivity contribution in [3.63, 3.8) is 0 Å². The molecule has 0 saturated heterocycles. The van der Waals surface area contributed by atoms with E-state index in [0.717, 1.165) is 41.0 Å². The molecule has 0 spiro atoms. The van der Waals surface area contributed by atoms with Gasteiger partial charge in [-0.25, -0.2) is 0 Å². The van der Waals surface area contributed by atoms with E-state index < -0.39 is 6.04 Å². The highest BCUT2D eigenvalue weighted by atomic mass is 32.1. The van der Waals surface area contributed by atoms with Crippen LogP contribution in [0.15, 0.2) is 59.3 Å². The van der Waals surface area contributed by atoms with E-state index in [1.54, 1.807) is 27.6 Å². The van der Waals surface area contributed by atoms with Crippen LogP contribution in [-0.2, 0) is 22.6 Å². The van der Waals surface area contributed by atoms with Gasteiger partial charge >= 0.3 is 0 Å². The third-order valence-corrected chi connectivity index (χ3v) is 7.64. The molecular formula is C26H30N2O3S2. The summed E-state index contributed by atoms with van der Waals surface area (Å²) in [5.74, 6) is 0.445. The Labute approximate surface area is 203 Å². The maximum absolute atomic E-state index is 13.8. The van der Waals surface area contributed by atoms with Gasteiger partial charge in [0.05, 0.1) is 19.6 Å². The number of para-hydroxylation sites is 1. The van der Waals surface area contributed by atoms with Gasteiger partial charge in [-0.05, 0) is 48.7 Å². The van der Waals surface area contributed by atoms with Crippen LogP contribution in [0.5, 0.6) is 5.75 Å². The average molecular weight is 483 g/mol. The van der Waals surface area contributed by atoms with E-state index in [4.69, 9.17) is 4.74 Å². The molecule has 174 valence electrons. The summed E-state index contributed by atoms with van der Waals surface area (Å²) in [5, 5.41) is 7.21. The van der Waals surface area contributed by atoms with Crippen molar-refractivity contribution in [2.24, 2.45) is 0 Å². The molecule has 0 unspecified atom stereocenters. The van der Waals surface area contributed by atoms with E-state index in [0.29, 0.717) is 18.9 Å². The predicted octanol–water partition coefficient (Wildman–Crippen LogP) is 5.58. The van der Waals surface area contributed by atoms with E-state index in [2.05, 4.69) is 5.32 Å². The topological polar surface area (TPSA) is 58.6 Å². The smallest absolute Gasteiger partial charge is 0.247 e. The van der Waals surface area contributed by atoms with E-state index in [-0.39, 0.29) is 24.3 Å². The molecule has 1 aliphatic carbocycles. The molecule has 0 bridgehead atoms. The monoisotopic (exact) mass is 482 g/mol. The zero-order valence-electron chi connectivity index (χ0n) is 18.9. The predicted molar refractivity (Wildman–Crippen MR) is 134 cm³/mol. The van der Waals surface area contributed by atoms with Crippen molar-refractivity contribution in [2.75, 3.05) is 6.61 Å². The van der Waals surface area contributed by atoms with Crippen LogP contribution in [0, 0.1) is 0 Å². The summed E-state index contributed by atoms with van der Waals surface area (Å²) in [6.45, 7) is 2.79. The highest BCUT2D eigenvalue weighted by Crippen LogP contribution is 2.33. The van der Waals surface area contributed by atoms with Gasteiger partial charge in [-0.15, -0.1) is 22.7 Å². The molecule has 0 radical (unpaired) electrons. The lowest BCUT2D eigenvalue weighted by atomic mass is 10.0. The van der Waals surface area contributed by atoms with Gasteiger partial charge in [0.1, 0.15) is 11.8 Å². The molecule has 1 aromatic carbocycles. The number of carbonyl (C=O) groups is 2. The lowest BCUT2D eigenvalue weighted by Gasteiger charge is -2.33. The van der Waals surface area contributed by atoms with Crippen molar-refractivity contribution in [1.29, 1.82) is 0 Å². The molecular weight excluding hydrogens is 452 g/mol. The molecule has 1 aliphatic rings. The van der Waals surface area contributed by atoms with E-state index in [9.17, 15) is 9.59 Å². The normalized spacial score (nSPS) is 14.7. The number of ether oxygens (including phenoxy) is 1. The Balaban J connectivity index is 1.72. The van der Waals surface area contributed by atoms with Crippen molar-refractivity contribution >= 4 is 34.5 Å². The third kappa shape index (κ3) is 6.03. The van der Waals surface area contributed by atoms with Gasteiger partial charge in [0.25, 0.3) is 0 Å². The Morgan fingerprint density at radius 3 is 2.39 bits per heavy atom. The minimum Gasteiger partial charge on any atom is -0.494 e. The lowest BCUT2D eigenvalue weighted by Crippen LogP contribution is -2.46. The first kappa shape index (κ1) is 23.5. The molecule has 2 aromatic heterocycles. The molecule has 0 aliphatic heterocycles. The molecule has 1 saturated carbocycles. The largest absolute Gasteiger partial charge is 0.494 e. The van der Waals surface area contributed by atoms with Crippen LogP contribution >= 0.6 is 22.7 Å². The Morgan fingerprint density at radius 1 is 1.03 bits per heavy atom. The molecule has 7 heteroatoms. The van der Waals surface area contributed by atoms with Crippen molar-refractivity contribution in [2.45, 2.75) is 57.7 Å². The Bertz CT molecular complexity index is 1030. The standard InChI is InChI=1S/C26H30N2O3S2/c1-2-31-23-14-6-5-13-22(23)25(26(30)27-19-9-3-4-10-19)28(18-21-12-8-16-33-21)24(29)17-20-11-7-15-32-20/h5-8,11-16,19,25H,2-4,9-10,17-18H2,1H3,(H,27,30)/t25-/m0/s1. The van der Waals surface area contributed by atoms with Gasteiger partial charge in [0.2, 0.25) is 11.8 Å². The van der Waals surface area contributed by atoms with Crippen LogP contribution in [0.2, 0.25) is 0 Å². The highest BCUT2D eigenvalue weighted by molar-refractivity contribution is 7.10. The summed E-state index contributed by atoms with van der Waals surface area (Å²) in [7, 11) is 0. The van der Waals surface area contributed by atoms with Gasteiger partial charge in [-0.3, -0.25) is 9.59 Å². The van der Waals surface area contributed by atoms with E-state index >= 15 is 0 Å². The first-order valence-electron chi connectivity index (χ1n) is 11.5. The zero-order valence-corrected chi connectivity index (χ0v) is 20.5. The zero-order chi connectivity index (χ0) is 23.0. The van der Waals surface area contributed by atoms with Gasteiger partial charge < -0.3 is 15.0 Å². The number of amides is 2. The number of benzene rings is 1. The lowest BCUT2D eigenvalue weighted by molar-refractivity contribution is -0.141. The minimum absolute atomic E-state index is 0.0660. The quantitative estimate of drug-likeness (QED) is 0.410. The molecule has 1 atom stereocenters. The summed E-state index contributed by atoms with van der Waals surface area (Å²) in [5.41, 5.74) is 0.728. The molecule has 5 nitrogen and oxygen atoms in total. The second-order valence-electron chi connectivity index (χ2n) is 8.22. The number of nitrogens with one attached hydrogen (secondary N) is 1. The number of hydrogen-bond acceptors (Lipinski definition) is 5. The van der Waals surface area contributed by atoms with Crippen LogP contribution in [0.25, 0.3) is 0 Å². The molecule has 2 amide bonds. The van der Waals surface area contributed by atoms with Crippen LogP contribution in [-0.4, -0.2) is 29.4 Å². The number of nitrogens with zero attached hydrogens (tertiary/aromatic N) is 1. The molecule has 3 aromatic rings. The molecule has 33 heavy (non-hydrogen) atoms. The van der Waals surface area contributed by atoms with Crippen LogP contribution in [0.3, 0.4) is 0 Å². The summed E-state index contributed by atoms with van der Waals surface area (Å²) in [4.78, 5) is 31.2. The maximum atomic E-state index is 13.8. The highest BCUT2D eigenvalue weighted by Gasteiger charge is 2.35. The van der Waals surface area contributed by atoms with Crippen LogP contribution in [0.1, 0.15) is 54.0 Å². The number of thiophene rings is 2. The second-order valence-corrected chi connectivity index (χ2v) is 10.3. The van der Waals surface area contributed by atoms with Crippen molar-refractivity contribution < 1.29 is 14.3 Å². The fourth-order valence-electron chi connectivity index (χ4n) is 4.35. The molecule has 1 fully saturated rings. The summed E-state index contributed by atoms with van der Waals surface area (Å²) in [6.07, 6.45) is 4.50. The average Bonchev–Trinajstić information content (AvgIpc) is 3.59. The van der Waals surface area contributed by atoms with Crippen LogP contribution < -0.4 is 10.1 Å². The van der Waals surface area contributed by atoms with Crippen molar-refractivity contribution in [3.8, 4) is 5.75 Å². The van der Waals surface area contributed by atoms with Gasteiger partial charge in [-0.2, -0.15) is 0 Å². The Morgan fingerprint density at radius 2 is 1.73 bits per heavy atom. The SMILES string of the molecule is CCOc1ccccc1[C@@H](C(=O)NC1CCCC1)N(Cc1cccs1)C(=O)Cc1cccs1. The van der Waals surface area contributed by atoms with Crippen LogP contribution in [0.4, 0.5) is 0 Å². The van der Waals surface area contributed by atoms with E-state index in [1.807, 2.05) is 66.2 Å². The Hall–Kier alpha value is -2.64. The summed E-state index contributed by atoms with van der Waals surface area (Å²) in [6, 6.07) is 14.9. The number of hydrogen-bond donors (Lipinski definition) is 1. The number of carbonyl (C=O) groups excluding carboxylic acids is 2. The van der Waals surface area contributed by atoms with Gasteiger partial charge in [0.15, 0.2) is 0 Å². The number of rotatable bonds is 10. The molecule has 2 heterocycles. The van der Waals surface area contributed by atoms with Gasteiger partial charge in [-0.1, -0.05) is 43.2 Å². The third-order valence-electron chi connectivity index (χ3n) is 5.91. The fraction of sp³-hybridized carbons (Fsp3) is 0.385. The second kappa shape index (κ2) is 11.5. The molecule has 4 rings (SSSR count). The van der Waals surface area contributed by atoms with Crippen molar-refractivity contribution in [1.82, 2.24) is 10.2 Å². The first-order valence-corrected chi connectivity index (χ1v) is 13.3. The first-order chi connectivity index (χ1) is 16.2. The summed E-state index contributed by atoms with van der Waals surface area (Å²) < 4.78 is 5.90.